The molecule has 0 aliphatic rings. The molecule has 21 heavy (non-hydrogen) atoms. The Morgan fingerprint density at radius 2 is 1.67 bits per heavy atom. The first-order valence-electron chi connectivity index (χ1n) is 7.07. The van der Waals surface area contributed by atoms with E-state index in [0.29, 0.717) is 6.54 Å². The summed E-state index contributed by atoms with van der Waals surface area (Å²) in [5.74, 6) is -0.858. The summed E-state index contributed by atoms with van der Waals surface area (Å²) >= 11 is 0. The van der Waals surface area contributed by atoms with Crippen molar-refractivity contribution < 1.29 is 9.90 Å². The summed E-state index contributed by atoms with van der Waals surface area (Å²) in [6.45, 7) is 6.75. The molecule has 0 radical (unpaired) electrons. The minimum Gasteiger partial charge on any atom is -0.480 e. The molecule has 1 atom stereocenters. The first-order chi connectivity index (χ1) is 9.99. The summed E-state index contributed by atoms with van der Waals surface area (Å²) < 4.78 is 0. The monoisotopic (exact) mass is 283 g/mol. The SMILES string of the molecule is Cc1cc(C)c(CNC(C(=O)O)c2ccccc2)c(C)c1. The minimum absolute atomic E-state index is 0.545. The van der Waals surface area contributed by atoms with Gasteiger partial charge in [-0.2, -0.15) is 0 Å². The van der Waals surface area contributed by atoms with E-state index in [2.05, 4.69) is 38.2 Å². The van der Waals surface area contributed by atoms with Crippen molar-refractivity contribution in [3.8, 4) is 0 Å². The number of aliphatic carboxylic acids is 1. The van der Waals surface area contributed by atoms with Crippen LogP contribution >= 0.6 is 0 Å². The number of carbonyl (C=O) groups is 1. The predicted octanol–water partition coefficient (Wildman–Crippen LogP) is 3.53. The standard InChI is InChI=1S/C18H21NO2/c1-12-9-13(2)16(14(3)10-12)11-19-17(18(20)21)15-7-5-4-6-8-15/h4-10,17,19H,11H2,1-3H3,(H,20,21). The molecule has 2 rings (SSSR count). The lowest BCUT2D eigenvalue weighted by Gasteiger charge is -2.17. The Balaban J connectivity index is 2.19. The van der Waals surface area contributed by atoms with Crippen molar-refractivity contribution >= 4 is 5.97 Å². The first-order valence-corrected chi connectivity index (χ1v) is 7.07. The van der Waals surface area contributed by atoms with Gasteiger partial charge in [0, 0.05) is 6.54 Å². The Hall–Kier alpha value is -2.13. The van der Waals surface area contributed by atoms with Crippen LogP contribution in [0.15, 0.2) is 42.5 Å². The summed E-state index contributed by atoms with van der Waals surface area (Å²) in [5.41, 5.74) is 5.55. The van der Waals surface area contributed by atoms with Crippen molar-refractivity contribution in [1.29, 1.82) is 0 Å². The zero-order valence-corrected chi connectivity index (χ0v) is 12.7. The predicted molar refractivity (Wildman–Crippen MR) is 84.3 cm³/mol. The van der Waals surface area contributed by atoms with Crippen LogP contribution in [0.25, 0.3) is 0 Å². The largest absolute Gasteiger partial charge is 0.480 e. The van der Waals surface area contributed by atoms with Crippen molar-refractivity contribution in [1.82, 2.24) is 5.32 Å². The number of hydrogen-bond acceptors (Lipinski definition) is 2. The van der Waals surface area contributed by atoms with Crippen molar-refractivity contribution in [2.75, 3.05) is 0 Å². The van der Waals surface area contributed by atoms with E-state index in [1.165, 1.54) is 22.3 Å². The van der Waals surface area contributed by atoms with Gasteiger partial charge in [-0.3, -0.25) is 10.1 Å². The molecule has 110 valence electrons. The molecule has 0 fully saturated rings. The van der Waals surface area contributed by atoms with Gasteiger partial charge in [0.2, 0.25) is 0 Å². The van der Waals surface area contributed by atoms with Crippen LogP contribution in [0.3, 0.4) is 0 Å². The number of benzene rings is 2. The number of carboxylic acids is 1. The van der Waals surface area contributed by atoms with Gasteiger partial charge in [0.05, 0.1) is 0 Å². The van der Waals surface area contributed by atoms with Gasteiger partial charge >= 0.3 is 5.97 Å². The van der Waals surface area contributed by atoms with E-state index in [1.54, 1.807) is 0 Å². The fraction of sp³-hybridized carbons (Fsp3) is 0.278. The summed E-state index contributed by atoms with van der Waals surface area (Å²) in [7, 11) is 0. The number of nitrogens with one attached hydrogen (secondary N) is 1. The van der Waals surface area contributed by atoms with Gasteiger partial charge < -0.3 is 5.11 Å². The molecule has 0 saturated heterocycles. The molecule has 0 saturated carbocycles. The van der Waals surface area contributed by atoms with Crippen LogP contribution in [0, 0.1) is 20.8 Å². The third-order valence-electron chi connectivity index (χ3n) is 3.70. The van der Waals surface area contributed by atoms with Gasteiger partial charge in [-0.15, -0.1) is 0 Å². The molecular weight excluding hydrogens is 262 g/mol. The van der Waals surface area contributed by atoms with Gasteiger partial charge in [0.25, 0.3) is 0 Å². The van der Waals surface area contributed by atoms with E-state index in [1.807, 2.05) is 30.3 Å². The summed E-state index contributed by atoms with van der Waals surface area (Å²) in [6, 6.07) is 12.8. The highest BCUT2D eigenvalue weighted by Gasteiger charge is 2.19. The number of hydrogen-bond donors (Lipinski definition) is 2. The van der Waals surface area contributed by atoms with Gasteiger partial charge in [-0.1, -0.05) is 48.0 Å². The second-order valence-electron chi connectivity index (χ2n) is 5.44. The highest BCUT2D eigenvalue weighted by Crippen LogP contribution is 2.19. The van der Waals surface area contributed by atoms with Crippen LogP contribution in [-0.2, 0) is 11.3 Å². The molecule has 0 amide bonds. The van der Waals surface area contributed by atoms with E-state index >= 15 is 0 Å². The maximum absolute atomic E-state index is 11.5. The fourth-order valence-corrected chi connectivity index (χ4v) is 2.69. The molecular formula is C18H21NO2. The normalized spacial score (nSPS) is 12.1. The van der Waals surface area contributed by atoms with Crippen molar-refractivity contribution in [3.63, 3.8) is 0 Å². The highest BCUT2D eigenvalue weighted by molar-refractivity contribution is 5.75. The Bertz CT molecular complexity index is 612. The van der Waals surface area contributed by atoms with Crippen LogP contribution in [0.2, 0.25) is 0 Å². The Morgan fingerprint density at radius 3 is 2.19 bits per heavy atom. The third kappa shape index (κ3) is 3.70. The van der Waals surface area contributed by atoms with Crippen LogP contribution in [0.1, 0.15) is 33.9 Å². The second kappa shape index (κ2) is 6.55. The molecule has 0 aliphatic heterocycles. The second-order valence-corrected chi connectivity index (χ2v) is 5.44. The summed E-state index contributed by atoms with van der Waals surface area (Å²) in [5, 5.41) is 12.6. The van der Waals surface area contributed by atoms with E-state index < -0.39 is 12.0 Å². The van der Waals surface area contributed by atoms with Crippen molar-refractivity contribution in [2.24, 2.45) is 0 Å². The van der Waals surface area contributed by atoms with Crippen LogP contribution < -0.4 is 5.32 Å². The first kappa shape index (κ1) is 15.3. The fourth-order valence-electron chi connectivity index (χ4n) is 2.69. The van der Waals surface area contributed by atoms with Crippen molar-refractivity contribution in [2.45, 2.75) is 33.4 Å². The molecule has 2 aromatic rings. The number of aryl methyl sites for hydroxylation is 3. The number of rotatable bonds is 5. The van der Waals surface area contributed by atoms with E-state index in [-0.39, 0.29) is 0 Å². The van der Waals surface area contributed by atoms with E-state index in [0.717, 1.165) is 5.56 Å². The van der Waals surface area contributed by atoms with Crippen LogP contribution in [-0.4, -0.2) is 11.1 Å². The van der Waals surface area contributed by atoms with Gasteiger partial charge in [0.15, 0.2) is 0 Å². The minimum atomic E-state index is -0.858. The Morgan fingerprint density at radius 1 is 1.10 bits per heavy atom. The Labute approximate surface area is 125 Å². The molecule has 2 aromatic carbocycles. The van der Waals surface area contributed by atoms with Crippen LogP contribution in [0.4, 0.5) is 0 Å². The molecule has 2 N–H and O–H groups in total. The molecule has 3 heteroatoms. The molecule has 0 heterocycles. The summed E-state index contributed by atoms with van der Waals surface area (Å²) in [6.07, 6.45) is 0. The molecule has 0 aliphatic carbocycles. The van der Waals surface area contributed by atoms with Crippen LogP contribution in [0.5, 0.6) is 0 Å². The van der Waals surface area contributed by atoms with Gasteiger partial charge in [-0.05, 0) is 43.0 Å². The summed E-state index contributed by atoms with van der Waals surface area (Å²) in [4.78, 5) is 11.5. The lowest BCUT2D eigenvalue weighted by atomic mass is 9.99. The maximum atomic E-state index is 11.5. The zero-order valence-electron chi connectivity index (χ0n) is 12.7. The maximum Gasteiger partial charge on any atom is 0.325 e. The molecule has 0 spiro atoms. The van der Waals surface area contributed by atoms with Gasteiger partial charge in [0.1, 0.15) is 6.04 Å². The zero-order chi connectivity index (χ0) is 15.4. The highest BCUT2D eigenvalue weighted by atomic mass is 16.4. The van der Waals surface area contributed by atoms with Gasteiger partial charge in [-0.25, -0.2) is 0 Å². The lowest BCUT2D eigenvalue weighted by Crippen LogP contribution is -2.28. The topological polar surface area (TPSA) is 49.3 Å². The molecule has 1 unspecified atom stereocenters. The van der Waals surface area contributed by atoms with E-state index in [9.17, 15) is 9.90 Å². The lowest BCUT2D eigenvalue weighted by molar-refractivity contribution is -0.139. The quantitative estimate of drug-likeness (QED) is 0.882. The smallest absolute Gasteiger partial charge is 0.325 e. The average Bonchev–Trinajstić information content (AvgIpc) is 2.42. The molecule has 3 nitrogen and oxygen atoms in total. The van der Waals surface area contributed by atoms with E-state index in [4.69, 9.17) is 0 Å². The molecule has 0 aromatic heterocycles. The Kier molecular flexibility index (Phi) is 4.76. The number of carboxylic acid groups (broad SMARTS) is 1. The average molecular weight is 283 g/mol. The molecule has 0 bridgehead atoms. The third-order valence-corrected chi connectivity index (χ3v) is 3.70. The van der Waals surface area contributed by atoms with Crippen molar-refractivity contribution in [3.05, 3.63) is 70.3 Å².